The first-order chi connectivity index (χ1) is 19.7. The lowest BCUT2D eigenvalue weighted by Gasteiger charge is -2.35. The van der Waals surface area contributed by atoms with Crippen molar-refractivity contribution in [2.24, 2.45) is 4.40 Å². The molecule has 0 saturated carbocycles. The number of methoxy groups -OCH3 is 1. The second-order valence-electron chi connectivity index (χ2n) is 9.95. The predicted molar refractivity (Wildman–Crippen MR) is 156 cm³/mol. The number of benzene rings is 3. The van der Waals surface area contributed by atoms with E-state index in [2.05, 4.69) is 9.30 Å². The molecule has 2 fully saturated rings. The van der Waals surface area contributed by atoms with Gasteiger partial charge in [-0.3, -0.25) is 4.90 Å². The van der Waals surface area contributed by atoms with Gasteiger partial charge in [-0.05, 0) is 48.9 Å². The van der Waals surface area contributed by atoms with Crippen LogP contribution in [0.2, 0.25) is 0 Å². The highest BCUT2D eigenvalue weighted by Gasteiger charge is 2.43. The molecule has 5 rings (SSSR count). The Morgan fingerprint density at radius 1 is 0.854 bits per heavy atom. The van der Waals surface area contributed by atoms with Gasteiger partial charge < -0.3 is 14.4 Å². The maximum Gasteiger partial charge on any atom is 0.283 e. The average Bonchev–Trinajstić information content (AvgIpc) is 3.44. The molecule has 0 spiro atoms. The molecule has 3 aromatic carbocycles. The van der Waals surface area contributed by atoms with Gasteiger partial charge in [0.15, 0.2) is 0 Å². The number of morpholine rings is 1. The van der Waals surface area contributed by atoms with Gasteiger partial charge in [0.25, 0.3) is 10.0 Å². The molecule has 2 aliphatic rings. The lowest BCUT2D eigenvalue weighted by molar-refractivity contribution is 0.0438. The molecule has 3 aromatic rings. The smallest absolute Gasteiger partial charge is 0.283 e. The van der Waals surface area contributed by atoms with E-state index in [1.807, 2.05) is 6.92 Å². The van der Waals surface area contributed by atoms with Crippen LogP contribution in [-0.4, -0.2) is 89.8 Å². The van der Waals surface area contributed by atoms with Crippen LogP contribution in [-0.2, 0) is 24.8 Å². The minimum Gasteiger partial charge on any atom is -0.497 e. The van der Waals surface area contributed by atoms with Gasteiger partial charge >= 0.3 is 0 Å². The van der Waals surface area contributed by atoms with Crippen LogP contribution in [0.5, 0.6) is 5.75 Å². The van der Waals surface area contributed by atoms with E-state index in [0.717, 1.165) is 5.56 Å². The summed E-state index contributed by atoms with van der Waals surface area (Å²) >= 11 is 0. The molecule has 0 bridgehead atoms. The van der Waals surface area contributed by atoms with Crippen molar-refractivity contribution in [3.8, 4) is 5.75 Å². The van der Waals surface area contributed by atoms with E-state index >= 15 is 0 Å². The van der Waals surface area contributed by atoms with Crippen molar-refractivity contribution in [3.63, 3.8) is 0 Å². The van der Waals surface area contributed by atoms with Crippen LogP contribution < -0.4 is 4.74 Å². The lowest BCUT2D eigenvalue weighted by atomic mass is 10.1. The number of sulfonamides is 2. The van der Waals surface area contributed by atoms with Gasteiger partial charge in [-0.1, -0.05) is 48.0 Å². The molecule has 0 radical (unpaired) electrons. The van der Waals surface area contributed by atoms with Crippen LogP contribution in [0, 0.1) is 6.92 Å². The zero-order valence-electron chi connectivity index (χ0n) is 23.1. The van der Waals surface area contributed by atoms with Crippen LogP contribution in [0.25, 0.3) is 0 Å². The van der Waals surface area contributed by atoms with Gasteiger partial charge in [0.05, 0.1) is 36.7 Å². The third kappa shape index (κ3) is 6.47. The Hall–Kier alpha value is -3.29. The Morgan fingerprint density at radius 2 is 1.51 bits per heavy atom. The fourth-order valence-electron chi connectivity index (χ4n) is 5.01. The summed E-state index contributed by atoms with van der Waals surface area (Å²) in [4.78, 5) is 4.12. The van der Waals surface area contributed by atoms with Crippen LogP contribution in [0.15, 0.2) is 93.1 Å². The number of rotatable bonds is 8. The zero-order valence-corrected chi connectivity index (χ0v) is 24.7. The molecular formula is C29H34N4O6S2. The Morgan fingerprint density at radius 3 is 2.15 bits per heavy atom. The number of aryl methyl sites for hydroxylation is 1. The fourth-order valence-corrected chi connectivity index (χ4v) is 7.63. The van der Waals surface area contributed by atoms with E-state index in [4.69, 9.17) is 9.47 Å². The highest BCUT2D eigenvalue weighted by Crippen LogP contribution is 2.36. The second kappa shape index (κ2) is 12.3. The van der Waals surface area contributed by atoms with Crippen LogP contribution >= 0.6 is 0 Å². The number of amidine groups is 1. The molecule has 2 aliphatic heterocycles. The van der Waals surface area contributed by atoms with Crippen LogP contribution in [0.4, 0.5) is 0 Å². The summed E-state index contributed by atoms with van der Waals surface area (Å²) in [5, 5.41) is 0. The van der Waals surface area contributed by atoms with Crippen LogP contribution in [0.1, 0.15) is 17.3 Å². The minimum atomic E-state index is -4.09. The molecule has 0 unspecified atom stereocenters. The van der Waals surface area contributed by atoms with Gasteiger partial charge in [0.1, 0.15) is 17.8 Å². The molecule has 0 aromatic heterocycles. The maximum absolute atomic E-state index is 13.9. The first-order valence-electron chi connectivity index (χ1n) is 13.4. The quantitative estimate of drug-likeness (QED) is 0.288. The molecule has 41 heavy (non-hydrogen) atoms. The monoisotopic (exact) mass is 598 g/mol. The van der Waals surface area contributed by atoms with Crippen molar-refractivity contribution in [2.75, 3.05) is 53.0 Å². The summed E-state index contributed by atoms with van der Waals surface area (Å²) in [6.45, 7) is 4.78. The fraction of sp³-hybridized carbons (Fsp3) is 0.345. The zero-order chi connectivity index (χ0) is 29.0. The normalized spacial score (nSPS) is 19.4. The molecule has 12 heteroatoms. The molecule has 0 amide bonds. The van der Waals surface area contributed by atoms with Gasteiger partial charge in [-0.2, -0.15) is 12.7 Å². The molecule has 10 nitrogen and oxygen atoms in total. The lowest BCUT2D eigenvalue weighted by Crippen LogP contribution is -2.46. The molecular weight excluding hydrogens is 564 g/mol. The molecule has 2 heterocycles. The van der Waals surface area contributed by atoms with Crippen molar-refractivity contribution in [2.45, 2.75) is 22.9 Å². The summed E-state index contributed by atoms with van der Waals surface area (Å²) in [5.41, 5.74) is 1.60. The first-order valence-corrected chi connectivity index (χ1v) is 16.3. The summed E-state index contributed by atoms with van der Waals surface area (Å²) in [7, 11) is -6.45. The highest BCUT2D eigenvalue weighted by atomic mass is 32.2. The summed E-state index contributed by atoms with van der Waals surface area (Å²) in [6, 6.07) is 21.9. The van der Waals surface area contributed by atoms with Crippen molar-refractivity contribution in [1.29, 1.82) is 0 Å². The third-order valence-electron chi connectivity index (χ3n) is 7.24. The largest absolute Gasteiger partial charge is 0.497 e. The molecule has 0 N–H and O–H groups in total. The molecule has 218 valence electrons. The van der Waals surface area contributed by atoms with Gasteiger partial charge in [-0.25, -0.2) is 8.42 Å². The standard InChI is InChI=1S/C29H34N4O6S2/c1-23-8-14-26(15-9-23)40(34,35)30-28(22-31-18-20-39-21-19-31)32-16-17-33(41(36,37)27-6-4-3-5-7-27)29(32)24-10-12-25(38-2)13-11-24/h3-15,29H,16-22H2,1-2H3/t29-/m1/s1. The average molecular weight is 599 g/mol. The van der Waals surface area contributed by atoms with Gasteiger partial charge in [0.2, 0.25) is 10.0 Å². The van der Waals surface area contributed by atoms with E-state index < -0.39 is 26.2 Å². The number of ether oxygens (including phenoxy) is 2. The predicted octanol–water partition coefficient (Wildman–Crippen LogP) is 3.13. The minimum absolute atomic E-state index is 0.0801. The SMILES string of the molecule is COc1ccc([C@@H]2N(C(CN3CCOCC3)=NS(=O)(=O)c3ccc(C)cc3)CCN2S(=O)(=O)c2ccccc2)cc1. The van der Waals surface area contributed by atoms with E-state index in [9.17, 15) is 16.8 Å². The summed E-state index contributed by atoms with van der Waals surface area (Å²) in [6.07, 6.45) is -0.820. The van der Waals surface area contributed by atoms with Crippen LogP contribution in [0.3, 0.4) is 0 Å². The van der Waals surface area contributed by atoms with E-state index in [1.165, 1.54) is 16.4 Å². The van der Waals surface area contributed by atoms with Gasteiger partial charge in [-0.15, -0.1) is 4.40 Å². The highest BCUT2D eigenvalue weighted by molar-refractivity contribution is 7.90. The molecule has 1 atom stereocenters. The Kier molecular flexibility index (Phi) is 8.76. The Bertz CT molecular complexity index is 1570. The van der Waals surface area contributed by atoms with Crippen molar-refractivity contribution >= 4 is 25.9 Å². The van der Waals surface area contributed by atoms with E-state index in [1.54, 1.807) is 78.7 Å². The Balaban J connectivity index is 1.61. The summed E-state index contributed by atoms with van der Waals surface area (Å²) < 4.78 is 71.6. The molecule has 2 saturated heterocycles. The number of hydrogen-bond donors (Lipinski definition) is 0. The van der Waals surface area contributed by atoms with E-state index in [-0.39, 0.29) is 35.3 Å². The van der Waals surface area contributed by atoms with Gasteiger partial charge in [0, 0.05) is 26.2 Å². The maximum atomic E-state index is 13.9. The second-order valence-corrected chi connectivity index (χ2v) is 13.4. The topological polar surface area (TPSA) is 109 Å². The van der Waals surface area contributed by atoms with Crippen molar-refractivity contribution in [1.82, 2.24) is 14.1 Å². The number of hydrogen-bond acceptors (Lipinski definition) is 7. The molecule has 0 aliphatic carbocycles. The Labute approximate surface area is 241 Å². The van der Waals surface area contributed by atoms with E-state index in [0.29, 0.717) is 37.6 Å². The van der Waals surface area contributed by atoms with Crippen molar-refractivity contribution in [3.05, 3.63) is 90.0 Å². The first kappa shape index (κ1) is 29.2. The van der Waals surface area contributed by atoms with Crippen molar-refractivity contribution < 1.29 is 26.3 Å². The third-order valence-corrected chi connectivity index (χ3v) is 10.4. The summed E-state index contributed by atoms with van der Waals surface area (Å²) in [5.74, 6) is 0.902. The number of nitrogens with zero attached hydrogens (tertiary/aromatic N) is 4.